The molecule has 0 bridgehead atoms. The Morgan fingerprint density at radius 2 is 2.08 bits per heavy atom. The maximum Gasteiger partial charge on any atom is 0.198 e. The van der Waals surface area contributed by atoms with E-state index in [0.717, 1.165) is 5.56 Å². The summed E-state index contributed by atoms with van der Waals surface area (Å²) >= 11 is 0. The summed E-state index contributed by atoms with van der Waals surface area (Å²) in [5.41, 5.74) is -0.438. The van der Waals surface area contributed by atoms with Crippen LogP contribution < -0.4 is 0 Å². The average Bonchev–Trinajstić information content (AvgIpc) is 3.18. The summed E-state index contributed by atoms with van der Waals surface area (Å²) in [6.45, 7) is 4.19. The lowest BCUT2D eigenvalue weighted by Crippen LogP contribution is -2.64. The summed E-state index contributed by atoms with van der Waals surface area (Å²) in [7, 11) is 1.60. The van der Waals surface area contributed by atoms with Crippen molar-refractivity contribution in [3.63, 3.8) is 0 Å². The van der Waals surface area contributed by atoms with Gasteiger partial charge in [-0.2, -0.15) is 0 Å². The second-order valence-corrected chi connectivity index (χ2v) is 8.25. The van der Waals surface area contributed by atoms with E-state index in [4.69, 9.17) is 13.9 Å². The van der Waals surface area contributed by atoms with E-state index in [9.17, 15) is 15.0 Å². The van der Waals surface area contributed by atoms with Crippen LogP contribution in [-0.4, -0.2) is 40.9 Å². The Morgan fingerprint density at radius 3 is 2.72 bits per heavy atom. The normalized spacial score (nSPS) is 49.7. The van der Waals surface area contributed by atoms with Crippen LogP contribution in [0, 0.1) is 17.3 Å². The molecule has 0 unspecified atom stereocenters. The van der Waals surface area contributed by atoms with Crippen LogP contribution in [0.1, 0.15) is 45.1 Å². The van der Waals surface area contributed by atoms with Crippen LogP contribution in [0.3, 0.4) is 0 Å². The van der Waals surface area contributed by atoms with Crippen LogP contribution in [-0.2, 0) is 20.1 Å². The predicted molar refractivity (Wildman–Crippen MR) is 87.5 cm³/mol. The van der Waals surface area contributed by atoms with E-state index < -0.39 is 29.5 Å². The zero-order valence-corrected chi connectivity index (χ0v) is 14.9. The van der Waals surface area contributed by atoms with E-state index in [1.807, 2.05) is 6.07 Å². The van der Waals surface area contributed by atoms with Gasteiger partial charge >= 0.3 is 0 Å². The molecule has 2 N–H and O–H groups in total. The fourth-order valence-corrected chi connectivity index (χ4v) is 5.53. The molecule has 3 aliphatic rings. The molecular weight excluding hydrogens is 324 g/mol. The first-order chi connectivity index (χ1) is 11.8. The SMILES string of the molecule is CO[C@]1(c2ccoc2)C[C@@]2(C)[C@H](C)CC(=O)[C@H]3C[C@H](O)[C@H](O)C[C@@]32O1. The third-order valence-corrected chi connectivity index (χ3v) is 7.18. The molecule has 0 radical (unpaired) electrons. The number of ketones is 1. The number of carbonyl (C=O) groups is 1. The highest BCUT2D eigenvalue weighted by atomic mass is 16.7. The number of carbonyl (C=O) groups excluding carboxylic acids is 1. The number of rotatable bonds is 2. The maximum absolute atomic E-state index is 12.8. The van der Waals surface area contributed by atoms with Crippen LogP contribution in [0.15, 0.2) is 23.0 Å². The topological polar surface area (TPSA) is 89.1 Å². The molecule has 1 aromatic heterocycles. The fourth-order valence-electron chi connectivity index (χ4n) is 5.53. The molecule has 2 saturated carbocycles. The number of methoxy groups -OCH3 is 1. The molecule has 6 heteroatoms. The highest BCUT2D eigenvalue weighted by molar-refractivity contribution is 5.84. The lowest BCUT2D eigenvalue weighted by atomic mass is 9.50. The Hall–Kier alpha value is -1.21. The van der Waals surface area contributed by atoms with Crippen LogP contribution in [0.4, 0.5) is 0 Å². The van der Waals surface area contributed by atoms with Gasteiger partial charge < -0.3 is 24.1 Å². The molecule has 2 heterocycles. The predicted octanol–water partition coefficient (Wildman–Crippen LogP) is 1.98. The van der Waals surface area contributed by atoms with Crippen molar-refractivity contribution in [2.75, 3.05) is 7.11 Å². The second-order valence-electron chi connectivity index (χ2n) is 8.25. The first kappa shape index (κ1) is 17.2. The van der Waals surface area contributed by atoms with E-state index in [2.05, 4.69) is 13.8 Å². The minimum absolute atomic E-state index is 0.0858. The third-order valence-electron chi connectivity index (χ3n) is 7.18. The molecular formula is C19H26O6. The van der Waals surface area contributed by atoms with Gasteiger partial charge in [-0.1, -0.05) is 13.8 Å². The van der Waals surface area contributed by atoms with Gasteiger partial charge in [-0.3, -0.25) is 4.79 Å². The van der Waals surface area contributed by atoms with Gasteiger partial charge in [-0.25, -0.2) is 0 Å². The van der Waals surface area contributed by atoms with Crippen molar-refractivity contribution in [2.45, 2.75) is 63.1 Å². The molecule has 1 aliphatic heterocycles. The van der Waals surface area contributed by atoms with Gasteiger partial charge in [-0.15, -0.1) is 0 Å². The lowest BCUT2D eigenvalue weighted by Gasteiger charge is -2.56. The van der Waals surface area contributed by atoms with Crippen molar-refractivity contribution in [3.05, 3.63) is 24.2 Å². The van der Waals surface area contributed by atoms with Crippen LogP contribution in [0.25, 0.3) is 0 Å². The van der Waals surface area contributed by atoms with Gasteiger partial charge in [0.05, 0.1) is 36.3 Å². The molecule has 1 spiro atoms. The zero-order valence-electron chi connectivity index (χ0n) is 14.9. The summed E-state index contributed by atoms with van der Waals surface area (Å²) in [5.74, 6) is -1.25. The molecule has 3 fully saturated rings. The standard InChI is InChI=1S/C19H26O6/c1-11-6-14(20)13-7-15(21)16(22)8-18(13)17(11,2)10-19(23-3,25-18)12-4-5-24-9-12/h4-5,9,11,13,15-16,21-22H,6-8,10H2,1-3H3/t11-,13-,15+,16-,17+,18-,19-/m1/s1. The van der Waals surface area contributed by atoms with Gasteiger partial charge in [0, 0.05) is 37.4 Å². The molecule has 4 rings (SSSR count). The van der Waals surface area contributed by atoms with Gasteiger partial charge in [-0.05, 0) is 18.4 Å². The number of hydrogen-bond donors (Lipinski definition) is 2. The highest BCUT2D eigenvalue weighted by Gasteiger charge is 2.73. The van der Waals surface area contributed by atoms with Gasteiger partial charge in [0.25, 0.3) is 0 Å². The lowest BCUT2D eigenvalue weighted by molar-refractivity contribution is -0.286. The average molecular weight is 350 g/mol. The summed E-state index contributed by atoms with van der Waals surface area (Å²) in [4.78, 5) is 12.8. The van der Waals surface area contributed by atoms with Gasteiger partial charge in [0.2, 0.25) is 0 Å². The Labute approximate surface area is 147 Å². The number of ether oxygens (including phenoxy) is 2. The number of aliphatic hydroxyl groups is 2. The first-order valence-corrected chi connectivity index (χ1v) is 8.95. The smallest absolute Gasteiger partial charge is 0.198 e. The minimum atomic E-state index is -1.01. The van der Waals surface area contributed by atoms with Crippen LogP contribution in [0.2, 0.25) is 0 Å². The summed E-state index contributed by atoms with van der Waals surface area (Å²) in [5, 5.41) is 20.6. The van der Waals surface area contributed by atoms with Crippen molar-refractivity contribution in [3.8, 4) is 0 Å². The molecule has 25 heavy (non-hydrogen) atoms. The highest BCUT2D eigenvalue weighted by Crippen LogP contribution is 2.67. The molecule has 2 aliphatic carbocycles. The van der Waals surface area contributed by atoms with Crippen molar-refractivity contribution in [1.29, 1.82) is 0 Å². The van der Waals surface area contributed by atoms with Crippen LogP contribution in [0.5, 0.6) is 0 Å². The zero-order chi connectivity index (χ0) is 18.0. The Bertz CT molecular complexity index is 671. The fraction of sp³-hybridized carbons (Fsp3) is 0.737. The number of aliphatic hydroxyl groups excluding tert-OH is 2. The van der Waals surface area contributed by atoms with E-state index in [0.29, 0.717) is 12.8 Å². The molecule has 0 aromatic carbocycles. The van der Waals surface area contributed by atoms with Gasteiger partial charge in [0.1, 0.15) is 5.78 Å². The van der Waals surface area contributed by atoms with E-state index in [-0.39, 0.29) is 30.0 Å². The van der Waals surface area contributed by atoms with Crippen LogP contribution >= 0.6 is 0 Å². The Morgan fingerprint density at radius 1 is 1.32 bits per heavy atom. The molecule has 0 amide bonds. The van der Waals surface area contributed by atoms with Crippen molar-refractivity contribution < 1.29 is 28.9 Å². The van der Waals surface area contributed by atoms with E-state index in [1.54, 1.807) is 19.6 Å². The summed E-state index contributed by atoms with van der Waals surface area (Å²) in [6.07, 6.45) is 2.87. The number of furan rings is 1. The van der Waals surface area contributed by atoms with Crippen molar-refractivity contribution in [2.24, 2.45) is 17.3 Å². The van der Waals surface area contributed by atoms with Gasteiger partial charge in [0.15, 0.2) is 5.79 Å². The quantitative estimate of drug-likeness (QED) is 0.848. The summed E-state index contributed by atoms with van der Waals surface area (Å²) in [6, 6.07) is 1.82. The molecule has 7 atom stereocenters. The molecule has 6 nitrogen and oxygen atoms in total. The van der Waals surface area contributed by atoms with Crippen molar-refractivity contribution >= 4 is 5.78 Å². The first-order valence-electron chi connectivity index (χ1n) is 8.95. The molecule has 1 aromatic rings. The molecule has 1 saturated heterocycles. The molecule has 138 valence electrons. The van der Waals surface area contributed by atoms with E-state index >= 15 is 0 Å². The monoisotopic (exact) mass is 350 g/mol. The largest absolute Gasteiger partial charge is 0.472 e. The van der Waals surface area contributed by atoms with Crippen molar-refractivity contribution in [1.82, 2.24) is 0 Å². The summed E-state index contributed by atoms with van der Waals surface area (Å²) < 4.78 is 17.7. The number of hydrogen-bond acceptors (Lipinski definition) is 6. The Kier molecular flexibility index (Phi) is 3.71. The maximum atomic E-state index is 12.8. The minimum Gasteiger partial charge on any atom is -0.472 e. The number of Topliss-reactive ketones (excluding diaryl/α,β-unsaturated/α-hetero) is 1. The third kappa shape index (κ3) is 2.08. The van der Waals surface area contributed by atoms with E-state index in [1.165, 1.54) is 0 Å². The Balaban J connectivity index is 1.86. The second kappa shape index (κ2) is 5.39.